The van der Waals surface area contributed by atoms with E-state index in [0.717, 1.165) is 14.9 Å². The van der Waals surface area contributed by atoms with E-state index in [2.05, 4.69) is 20.7 Å². The lowest BCUT2D eigenvalue weighted by Gasteiger charge is -2.17. The van der Waals surface area contributed by atoms with Crippen molar-refractivity contribution in [2.45, 2.75) is 12.7 Å². The first kappa shape index (κ1) is 14.8. The minimum Gasteiger partial charge on any atom is -0.440 e. The largest absolute Gasteiger partial charge is 0.440 e. The highest BCUT2D eigenvalue weighted by atomic mass is 79.9. The number of rotatable bonds is 3. The van der Waals surface area contributed by atoms with Gasteiger partial charge < -0.3 is 9.64 Å². The molecule has 0 heterocycles. The van der Waals surface area contributed by atoms with Crippen LogP contribution >= 0.6 is 15.9 Å². The van der Waals surface area contributed by atoms with Crippen molar-refractivity contribution in [2.24, 2.45) is 0 Å². The Labute approximate surface area is 111 Å². The molecule has 0 unspecified atom stereocenters. The van der Waals surface area contributed by atoms with Gasteiger partial charge in [0.2, 0.25) is 0 Å². The quantitative estimate of drug-likeness (QED) is 0.850. The number of nitrogens with zero attached hydrogens (tertiary/aromatic N) is 1. The topological polar surface area (TPSA) is 29.5 Å². The molecule has 0 radical (unpaired) electrons. The summed E-state index contributed by atoms with van der Waals surface area (Å²) < 4.78 is 40.5. The van der Waals surface area contributed by atoms with Crippen LogP contribution in [0.3, 0.4) is 0 Å². The second kappa shape index (κ2) is 6.08. The van der Waals surface area contributed by atoms with Crippen LogP contribution in [0, 0.1) is 0 Å². The molecular formula is C11H11BrF3NO2. The fraction of sp³-hybridized carbons (Fsp3) is 0.364. The monoisotopic (exact) mass is 325 g/mol. The first-order valence-electron chi connectivity index (χ1n) is 4.97. The van der Waals surface area contributed by atoms with Gasteiger partial charge in [0.1, 0.15) is 0 Å². The fourth-order valence-electron chi connectivity index (χ4n) is 1.23. The van der Waals surface area contributed by atoms with Crippen molar-refractivity contribution in [3.05, 3.63) is 34.3 Å². The van der Waals surface area contributed by atoms with E-state index in [1.165, 1.54) is 7.05 Å². The van der Waals surface area contributed by atoms with Crippen molar-refractivity contribution in [3.63, 3.8) is 0 Å². The van der Waals surface area contributed by atoms with Gasteiger partial charge in [-0.15, -0.1) is 0 Å². The molecule has 100 valence electrons. The Bertz CT molecular complexity index is 423. The van der Waals surface area contributed by atoms with Crippen molar-refractivity contribution in [3.8, 4) is 0 Å². The molecule has 7 heteroatoms. The van der Waals surface area contributed by atoms with Gasteiger partial charge in [-0.1, -0.05) is 28.1 Å². The third-order valence-electron chi connectivity index (χ3n) is 1.98. The normalized spacial score (nSPS) is 11.2. The van der Waals surface area contributed by atoms with Crippen molar-refractivity contribution in [1.29, 1.82) is 0 Å². The van der Waals surface area contributed by atoms with Crippen LogP contribution < -0.4 is 0 Å². The lowest BCUT2D eigenvalue weighted by Crippen LogP contribution is -2.30. The Kier molecular flexibility index (Phi) is 5.01. The van der Waals surface area contributed by atoms with E-state index in [-0.39, 0.29) is 6.54 Å². The maximum Gasteiger partial charge on any atom is 0.422 e. The highest BCUT2D eigenvalue weighted by Gasteiger charge is 2.30. The Morgan fingerprint density at radius 1 is 1.44 bits per heavy atom. The predicted octanol–water partition coefficient (Wildman–Crippen LogP) is 3.58. The first-order chi connectivity index (χ1) is 8.28. The van der Waals surface area contributed by atoms with Gasteiger partial charge >= 0.3 is 12.3 Å². The minimum atomic E-state index is -4.51. The second-order valence-corrected chi connectivity index (χ2v) is 4.57. The maximum absolute atomic E-state index is 11.9. The van der Waals surface area contributed by atoms with E-state index < -0.39 is 18.9 Å². The van der Waals surface area contributed by atoms with Crippen LogP contribution in [0.2, 0.25) is 0 Å². The lowest BCUT2D eigenvalue weighted by atomic mass is 10.2. The lowest BCUT2D eigenvalue weighted by molar-refractivity contribution is -0.162. The summed E-state index contributed by atoms with van der Waals surface area (Å²) in [7, 11) is 1.37. The predicted molar refractivity (Wildman–Crippen MR) is 63.0 cm³/mol. The van der Waals surface area contributed by atoms with Gasteiger partial charge in [-0.25, -0.2) is 4.79 Å². The molecule has 0 saturated carbocycles. The molecule has 0 fully saturated rings. The summed E-state index contributed by atoms with van der Waals surface area (Å²) in [5.41, 5.74) is 0.788. The van der Waals surface area contributed by atoms with Crippen LogP contribution in [-0.4, -0.2) is 30.8 Å². The van der Waals surface area contributed by atoms with Crippen molar-refractivity contribution in [2.75, 3.05) is 13.7 Å². The highest BCUT2D eigenvalue weighted by Crippen LogP contribution is 2.16. The molecule has 1 aromatic carbocycles. The zero-order chi connectivity index (χ0) is 13.8. The van der Waals surface area contributed by atoms with Gasteiger partial charge in [-0.05, 0) is 17.7 Å². The van der Waals surface area contributed by atoms with Crippen molar-refractivity contribution >= 4 is 22.0 Å². The summed E-state index contributed by atoms with van der Waals surface area (Å²) in [6.07, 6.45) is -5.51. The number of alkyl halides is 3. The molecule has 1 amide bonds. The molecule has 3 nitrogen and oxygen atoms in total. The maximum atomic E-state index is 11.9. The summed E-state index contributed by atoms with van der Waals surface area (Å²) in [5, 5.41) is 0. The summed E-state index contributed by atoms with van der Waals surface area (Å²) in [4.78, 5) is 12.3. The van der Waals surface area contributed by atoms with E-state index in [4.69, 9.17) is 0 Å². The molecule has 0 atom stereocenters. The molecule has 0 aliphatic carbocycles. The molecule has 1 aromatic rings. The number of ether oxygens (including phenoxy) is 1. The average molecular weight is 326 g/mol. The number of benzene rings is 1. The third-order valence-corrected chi connectivity index (χ3v) is 2.47. The average Bonchev–Trinajstić information content (AvgIpc) is 2.24. The van der Waals surface area contributed by atoms with Crippen LogP contribution in [0.4, 0.5) is 18.0 Å². The summed E-state index contributed by atoms with van der Waals surface area (Å²) >= 11 is 3.26. The Morgan fingerprint density at radius 3 is 2.67 bits per heavy atom. The molecule has 0 aliphatic rings. The minimum absolute atomic E-state index is 0.177. The summed E-state index contributed by atoms with van der Waals surface area (Å²) in [6, 6.07) is 7.12. The summed E-state index contributed by atoms with van der Waals surface area (Å²) in [6.45, 7) is -1.40. The Balaban J connectivity index is 2.50. The first-order valence-corrected chi connectivity index (χ1v) is 5.76. The molecular weight excluding hydrogens is 315 g/mol. The van der Waals surface area contributed by atoms with Crippen LogP contribution in [0.15, 0.2) is 28.7 Å². The number of hydrogen-bond acceptors (Lipinski definition) is 2. The number of carbonyl (C=O) groups is 1. The van der Waals surface area contributed by atoms with Gasteiger partial charge in [0.15, 0.2) is 6.61 Å². The van der Waals surface area contributed by atoms with Gasteiger partial charge in [-0.3, -0.25) is 0 Å². The van der Waals surface area contributed by atoms with Gasteiger partial charge in [0.25, 0.3) is 0 Å². The van der Waals surface area contributed by atoms with Crippen LogP contribution in [0.1, 0.15) is 5.56 Å². The van der Waals surface area contributed by atoms with E-state index in [9.17, 15) is 18.0 Å². The van der Waals surface area contributed by atoms with Gasteiger partial charge in [0, 0.05) is 18.1 Å². The molecule has 0 saturated heterocycles. The third kappa shape index (κ3) is 5.39. The van der Waals surface area contributed by atoms with E-state index in [1.54, 1.807) is 18.2 Å². The number of carbonyl (C=O) groups excluding carboxylic acids is 1. The molecule has 0 N–H and O–H groups in total. The SMILES string of the molecule is CN(Cc1cccc(Br)c1)C(=O)OCC(F)(F)F. The van der Waals surface area contributed by atoms with Crippen LogP contribution in [-0.2, 0) is 11.3 Å². The van der Waals surface area contributed by atoms with Crippen LogP contribution in [0.25, 0.3) is 0 Å². The second-order valence-electron chi connectivity index (χ2n) is 3.66. The highest BCUT2D eigenvalue weighted by molar-refractivity contribution is 9.10. The molecule has 1 rings (SSSR count). The van der Waals surface area contributed by atoms with E-state index in [0.29, 0.717) is 0 Å². The zero-order valence-electron chi connectivity index (χ0n) is 9.50. The smallest absolute Gasteiger partial charge is 0.422 e. The molecule has 0 spiro atoms. The number of hydrogen-bond donors (Lipinski definition) is 0. The van der Waals surface area contributed by atoms with Crippen molar-refractivity contribution < 1.29 is 22.7 Å². The Morgan fingerprint density at radius 2 is 2.11 bits per heavy atom. The summed E-state index contributed by atoms with van der Waals surface area (Å²) in [5.74, 6) is 0. The van der Waals surface area contributed by atoms with E-state index in [1.807, 2.05) is 6.07 Å². The molecule has 0 bridgehead atoms. The number of halogens is 4. The van der Waals surface area contributed by atoms with Gasteiger partial charge in [0.05, 0.1) is 0 Å². The molecule has 18 heavy (non-hydrogen) atoms. The molecule has 0 aliphatic heterocycles. The number of amides is 1. The molecule has 0 aromatic heterocycles. The van der Waals surface area contributed by atoms with Crippen molar-refractivity contribution in [1.82, 2.24) is 4.90 Å². The zero-order valence-corrected chi connectivity index (χ0v) is 11.1. The standard InChI is InChI=1S/C11H11BrF3NO2/c1-16(10(17)18-7-11(13,14)15)6-8-3-2-4-9(12)5-8/h2-5H,6-7H2,1H3. The van der Waals surface area contributed by atoms with Gasteiger partial charge in [-0.2, -0.15) is 13.2 Å². The Hall–Kier alpha value is -1.24. The van der Waals surface area contributed by atoms with Crippen LogP contribution in [0.5, 0.6) is 0 Å². The fourth-order valence-corrected chi connectivity index (χ4v) is 1.67. The van der Waals surface area contributed by atoms with E-state index >= 15 is 0 Å².